The zero-order valence-corrected chi connectivity index (χ0v) is 13.8. The average Bonchev–Trinajstić information content (AvgIpc) is 2.56. The standard InChI is InChI=1S/C8H7Br2NO6S2/c9-5-2-4(7(10)18-5)19(16,17)11-3(8(14)15)1-6(12)13/h2-3,11H,1H2,(H,12,13)(H,14,15). The highest BCUT2D eigenvalue weighted by atomic mass is 79.9. The molecule has 1 heterocycles. The van der Waals surface area contributed by atoms with Crippen LogP contribution in [0.15, 0.2) is 18.5 Å². The number of halogens is 2. The van der Waals surface area contributed by atoms with Gasteiger partial charge in [0.25, 0.3) is 0 Å². The van der Waals surface area contributed by atoms with Crippen LogP contribution in [0.3, 0.4) is 0 Å². The van der Waals surface area contributed by atoms with Crippen LogP contribution in [0, 0.1) is 0 Å². The molecule has 0 aliphatic rings. The van der Waals surface area contributed by atoms with Gasteiger partial charge in [-0.25, -0.2) is 8.42 Å². The number of sulfonamides is 1. The summed E-state index contributed by atoms with van der Waals surface area (Å²) in [5.74, 6) is -2.97. The number of carboxylic acid groups (broad SMARTS) is 2. The molecule has 1 aromatic rings. The number of hydrogen-bond donors (Lipinski definition) is 3. The Balaban J connectivity index is 3.04. The van der Waals surface area contributed by atoms with Gasteiger partial charge < -0.3 is 10.2 Å². The van der Waals surface area contributed by atoms with Crippen LogP contribution in [0.4, 0.5) is 0 Å². The van der Waals surface area contributed by atoms with E-state index < -0.39 is 34.4 Å². The molecule has 0 aliphatic heterocycles. The number of rotatable bonds is 6. The van der Waals surface area contributed by atoms with E-state index in [9.17, 15) is 18.0 Å². The smallest absolute Gasteiger partial charge is 0.322 e. The van der Waals surface area contributed by atoms with Gasteiger partial charge in [-0.2, -0.15) is 4.72 Å². The molecule has 1 aromatic heterocycles. The summed E-state index contributed by atoms with van der Waals surface area (Å²) < 4.78 is 26.6. The van der Waals surface area contributed by atoms with Crippen LogP contribution in [-0.4, -0.2) is 36.6 Å². The van der Waals surface area contributed by atoms with Gasteiger partial charge in [-0.3, -0.25) is 9.59 Å². The van der Waals surface area contributed by atoms with Crippen LogP contribution in [0.1, 0.15) is 6.42 Å². The number of hydrogen-bond acceptors (Lipinski definition) is 5. The number of carboxylic acids is 2. The van der Waals surface area contributed by atoms with Crippen molar-refractivity contribution < 1.29 is 28.2 Å². The van der Waals surface area contributed by atoms with Crippen molar-refractivity contribution in [3.63, 3.8) is 0 Å². The van der Waals surface area contributed by atoms with Crippen molar-refractivity contribution in [1.29, 1.82) is 0 Å². The van der Waals surface area contributed by atoms with Gasteiger partial charge in [0.1, 0.15) is 10.9 Å². The summed E-state index contributed by atoms with van der Waals surface area (Å²) in [6.45, 7) is 0. The maximum absolute atomic E-state index is 12.0. The van der Waals surface area contributed by atoms with Crippen LogP contribution >= 0.6 is 43.2 Å². The first-order valence-corrected chi connectivity index (χ1v) is 8.44. The zero-order valence-electron chi connectivity index (χ0n) is 8.96. The Morgan fingerprint density at radius 2 is 1.95 bits per heavy atom. The Labute approximate surface area is 128 Å². The first kappa shape index (κ1) is 16.6. The molecule has 3 N–H and O–H groups in total. The monoisotopic (exact) mass is 435 g/mol. The molecule has 1 unspecified atom stereocenters. The van der Waals surface area contributed by atoms with E-state index in [-0.39, 0.29) is 8.68 Å². The van der Waals surface area contributed by atoms with Crippen molar-refractivity contribution in [3.05, 3.63) is 13.6 Å². The molecule has 1 atom stereocenters. The lowest BCUT2D eigenvalue weighted by Gasteiger charge is -2.12. The summed E-state index contributed by atoms with van der Waals surface area (Å²) in [4.78, 5) is 21.2. The van der Waals surface area contributed by atoms with Crippen LogP contribution in [-0.2, 0) is 19.6 Å². The molecule has 0 saturated carbocycles. The lowest BCUT2D eigenvalue weighted by molar-refractivity contribution is -0.145. The van der Waals surface area contributed by atoms with Crippen LogP contribution < -0.4 is 4.72 Å². The summed E-state index contributed by atoms with van der Waals surface area (Å²) in [5.41, 5.74) is 0. The first-order valence-electron chi connectivity index (χ1n) is 4.55. The van der Waals surface area contributed by atoms with Crippen molar-refractivity contribution in [2.75, 3.05) is 0 Å². The molecule has 0 amide bonds. The summed E-state index contributed by atoms with van der Waals surface area (Å²) in [5, 5.41) is 17.3. The maximum atomic E-state index is 12.0. The minimum Gasteiger partial charge on any atom is -0.481 e. The molecule has 19 heavy (non-hydrogen) atoms. The quantitative estimate of drug-likeness (QED) is 0.620. The largest absolute Gasteiger partial charge is 0.481 e. The van der Waals surface area contributed by atoms with Crippen molar-refractivity contribution in [2.45, 2.75) is 17.4 Å². The number of thiophene rings is 1. The highest BCUT2D eigenvalue weighted by Crippen LogP contribution is 2.34. The molecular formula is C8H7Br2NO6S2. The second-order valence-electron chi connectivity index (χ2n) is 3.30. The molecule has 0 saturated heterocycles. The number of nitrogens with one attached hydrogen (secondary N) is 1. The third kappa shape index (κ3) is 4.53. The van der Waals surface area contributed by atoms with Gasteiger partial charge in [-0.1, -0.05) is 0 Å². The molecule has 0 aromatic carbocycles. The third-order valence-electron chi connectivity index (χ3n) is 1.89. The van der Waals surface area contributed by atoms with Crippen LogP contribution in [0.2, 0.25) is 0 Å². The Kier molecular flexibility index (Phi) is 5.50. The summed E-state index contributed by atoms with van der Waals surface area (Å²) in [6.07, 6.45) is -0.850. The van der Waals surface area contributed by atoms with E-state index in [1.165, 1.54) is 6.07 Å². The highest BCUT2D eigenvalue weighted by Gasteiger charge is 2.29. The molecule has 106 valence electrons. The molecule has 0 radical (unpaired) electrons. The van der Waals surface area contributed by atoms with Gasteiger partial charge in [0, 0.05) is 0 Å². The summed E-state index contributed by atoms with van der Waals surface area (Å²) >= 11 is 7.23. The SMILES string of the molecule is O=C(O)CC(NS(=O)(=O)c1cc(Br)sc1Br)C(=O)O. The molecule has 7 nitrogen and oxygen atoms in total. The van der Waals surface area contributed by atoms with E-state index in [0.717, 1.165) is 11.3 Å². The fraction of sp³-hybridized carbons (Fsp3) is 0.250. The Morgan fingerprint density at radius 3 is 2.32 bits per heavy atom. The zero-order chi connectivity index (χ0) is 14.8. The second kappa shape index (κ2) is 6.31. The van der Waals surface area contributed by atoms with Gasteiger partial charge >= 0.3 is 11.9 Å². The molecule has 11 heteroatoms. The van der Waals surface area contributed by atoms with Gasteiger partial charge in [0.2, 0.25) is 10.0 Å². The second-order valence-corrected chi connectivity index (χ2v) is 8.73. The molecule has 1 rings (SSSR count). The Hall–Kier alpha value is -0.490. The van der Waals surface area contributed by atoms with E-state index in [1.54, 1.807) is 0 Å². The fourth-order valence-corrected chi connectivity index (χ4v) is 6.11. The first-order chi connectivity index (χ1) is 8.63. The molecule has 0 aliphatic carbocycles. The minimum absolute atomic E-state index is 0.152. The summed E-state index contributed by atoms with van der Waals surface area (Å²) in [6, 6.07) is -0.440. The maximum Gasteiger partial charge on any atom is 0.322 e. The average molecular weight is 437 g/mol. The fourth-order valence-electron chi connectivity index (χ4n) is 1.11. The van der Waals surface area contributed by atoms with E-state index in [0.29, 0.717) is 3.79 Å². The normalized spacial score (nSPS) is 13.2. The van der Waals surface area contributed by atoms with Gasteiger partial charge in [0.05, 0.1) is 14.0 Å². The summed E-state index contributed by atoms with van der Waals surface area (Å²) in [7, 11) is -4.12. The molecule has 0 bridgehead atoms. The predicted molar refractivity (Wildman–Crippen MR) is 73.7 cm³/mol. The molecule has 0 fully saturated rings. The topological polar surface area (TPSA) is 121 Å². The lowest BCUT2D eigenvalue weighted by atomic mass is 10.2. The van der Waals surface area contributed by atoms with Crippen LogP contribution in [0.5, 0.6) is 0 Å². The van der Waals surface area contributed by atoms with Crippen molar-refractivity contribution in [2.24, 2.45) is 0 Å². The minimum atomic E-state index is -4.12. The Morgan fingerprint density at radius 1 is 1.37 bits per heavy atom. The van der Waals surface area contributed by atoms with Crippen molar-refractivity contribution in [3.8, 4) is 0 Å². The van der Waals surface area contributed by atoms with E-state index >= 15 is 0 Å². The van der Waals surface area contributed by atoms with E-state index in [2.05, 4.69) is 31.9 Å². The number of aliphatic carboxylic acids is 2. The van der Waals surface area contributed by atoms with Crippen molar-refractivity contribution in [1.82, 2.24) is 4.72 Å². The van der Waals surface area contributed by atoms with E-state index in [4.69, 9.17) is 10.2 Å². The van der Waals surface area contributed by atoms with Crippen LogP contribution in [0.25, 0.3) is 0 Å². The third-order valence-corrected chi connectivity index (χ3v) is 6.12. The predicted octanol–water partition coefficient (Wildman–Crippen LogP) is 1.48. The molecular weight excluding hydrogens is 430 g/mol. The van der Waals surface area contributed by atoms with Gasteiger partial charge in [-0.05, 0) is 37.9 Å². The Bertz CT molecular complexity index is 611. The number of carbonyl (C=O) groups is 2. The lowest BCUT2D eigenvalue weighted by Crippen LogP contribution is -2.42. The highest BCUT2D eigenvalue weighted by molar-refractivity contribution is 9.12. The van der Waals surface area contributed by atoms with Gasteiger partial charge in [-0.15, -0.1) is 11.3 Å². The van der Waals surface area contributed by atoms with Gasteiger partial charge in [0.15, 0.2) is 0 Å². The van der Waals surface area contributed by atoms with E-state index in [1.807, 2.05) is 4.72 Å². The molecule has 0 spiro atoms. The van der Waals surface area contributed by atoms with Crippen molar-refractivity contribution >= 4 is 65.2 Å².